The van der Waals surface area contributed by atoms with Crippen LogP contribution in [0.1, 0.15) is 31.2 Å². The summed E-state index contributed by atoms with van der Waals surface area (Å²) >= 11 is 0. The average molecular weight is 216 g/mol. The fourth-order valence-electron chi connectivity index (χ4n) is 2.13. The molecule has 1 heteroatoms. The van der Waals surface area contributed by atoms with Crippen LogP contribution in [0.2, 0.25) is 0 Å². The Kier molecular flexibility index (Phi) is 4.63. The normalized spacial score (nSPS) is 19.9. The fourth-order valence-corrected chi connectivity index (χ4v) is 2.13. The molecule has 0 heterocycles. The highest BCUT2D eigenvalue weighted by molar-refractivity contribution is 5.13. The van der Waals surface area contributed by atoms with Crippen LogP contribution in [-0.2, 0) is 11.3 Å². The zero-order chi connectivity index (χ0) is 11.1. The van der Waals surface area contributed by atoms with Crippen molar-refractivity contribution in [1.82, 2.24) is 0 Å². The molecule has 86 valence electrons. The summed E-state index contributed by atoms with van der Waals surface area (Å²) in [4.78, 5) is 0. The van der Waals surface area contributed by atoms with Crippen molar-refractivity contribution in [2.75, 3.05) is 6.61 Å². The Morgan fingerprint density at radius 3 is 2.75 bits per heavy atom. The van der Waals surface area contributed by atoms with Crippen LogP contribution >= 0.6 is 0 Å². The number of hydrogen-bond donors (Lipinski definition) is 0. The Morgan fingerprint density at radius 2 is 2.00 bits per heavy atom. The number of ether oxygens (including phenoxy) is 1. The minimum atomic E-state index is 0.753. The van der Waals surface area contributed by atoms with Crippen LogP contribution in [0.5, 0.6) is 0 Å². The third-order valence-corrected chi connectivity index (χ3v) is 3.16. The first-order chi connectivity index (χ1) is 7.95. The Bertz CT molecular complexity index is 315. The second kappa shape index (κ2) is 6.49. The Labute approximate surface area is 98.1 Å². The lowest BCUT2D eigenvalue weighted by Crippen LogP contribution is -2.06. The average Bonchev–Trinajstić information content (AvgIpc) is 2.37. The van der Waals surface area contributed by atoms with E-state index in [1.54, 1.807) is 0 Å². The molecule has 0 radical (unpaired) electrons. The molecule has 1 aromatic carbocycles. The van der Waals surface area contributed by atoms with Gasteiger partial charge >= 0.3 is 0 Å². The van der Waals surface area contributed by atoms with E-state index in [-0.39, 0.29) is 0 Å². The van der Waals surface area contributed by atoms with Gasteiger partial charge in [0.1, 0.15) is 0 Å². The van der Waals surface area contributed by atoms with E-state index in [0.29, 0.717) is 0 Å². The molecular formula is C15H20O. The quantitative estimate of drug-likeness (QED) is 0.535. The first-order valence-corrected chi connectivity index (χ1v) is 6.22. The molecule has 1 aliphatic rings. The lowest BCUT2D eigenvalue weighted by molar-refractivity contribution is 0.106. The predicted molar refractivity (Wildman–Crippen MR) is 67.2 cm³/mol. The molecule has 0 fully saturated rings. The van der Waals surface area contributed by atoms with Gasteiger partial charge in [-0.05, 0) is 37.2 Å². The number of benzene rings is 1. The summed E-state index contributed by atoms with van der Waals surface area (Å²) in [6.07, 6.45) is 9.65. The van der Waals surface area contributed by atoms with Crippen molar-refractivity contribution in [2.24, 2.45) is 5.92 Å². The van der Waals surface area contributed by atoms with Crippen LogP contribution in [0, 0.1) is 5.92 Å². The van der Waals surface area contributed by atoms with Gasteiger partial charge in [0.2, 0.25) is 0 Å². The van der Waals surface area contributed by atoms with E-state index in [2.05, 4.69) is 36.4 Å². The van der Waals surface area contributed by atoms with E-state index in [4.69, 9.17) is 4.74 Å². The van der Waals surface area contributed by atoms with Gasteiger partial charge in [0.05, 0.1) is 6.61 Å². The minimum absolute atomic E-state index is 0.753. The van der Waals surface area contributed by atoms with Crippen LogP contribution in [0.4, 0.5) is 0 Å². The molecule has 0 aliphatic heterocycles. The molecule has 0 saturated heterocycles. The molecular weight excluding hydrogens is 196 g/mol. The molecule has 1 aromatic rings. The Hall–Kier alpha value is -1.08. The van der Waals surface area contributed by atoms with Crippen molar-refractivity contribution in [1.29, 1.82) is 0 Å². The molecule has 1 unspecified atom stereocenters. The van der Waals surface area contributed by atoms with E-state index >= 15 is 0 Å². The lowest BCUT2D eigenvalue weighted by Gasteiger charge is -2.17. The van der Waals surface area contributed by atoms with E-state index in [0.717, 1.165) is 19.1 Å². The molecule has 2 rings (SSSR count). The molecule has 0 saturated carbocycles. The molecule has 0 amide bonds. The molecule has 0 aromatic heterocycles. The van der Waals surface area contributed by atoms with Crippen LogP contribution in [-0.4, -0.2) is 6.61 Å². The van der Waals surface area contributed by atoms with Crippen LogP contribution in [0.3, 0.4) is 0 Å². The zero-order valence-corrected chi connectivity index (χ0v) is 9.77. The highest BCUT2D eigenvalue weighted by Crippen LogP contribution is 2.21. The van der Waals surface area contributed by atoms with Gasteiger partial charge in [-0.3, -0.25) is 0 Å². The Morgan fingerprint density at radius 1 is 1.12 bits per heavy atom. The SMILES string of the molecule is C1=CCC(CCOCc2ccccc2)CC1. The van der Waals surface area contributed by atoms with Gasteiger partial charge in [0.15, 0.2) is 0 Å². The summed E-state index contributed by atoms with van der Waals surface area (Å²) in [6, 6.07) is 10.4. The topological polar surface area (TPSA) is 9.23 Å². The van der Waals surface area contributed by atoms with Gasteiger partial charge < -0.3 is 4.74 Å². The lowest BCUT2D eigenvalue weighted by atomic mass is 9.92. The van der Waals surface area contributed by atoms with Crippen molar-refractivity contribution in [2.45, 2.75) is 32.3 Å². The maximum atomic E-state index is 5.70. The third-order valence-electron chi connectivity index (χ3n) is 3.16. The summed E-state index contributed by atoms with van der Waals surface area (Å²) in [6.45, 7) is 1.65. The van der Waals surface area contributed by atoms with Gasteiger partial charge in [-0.2, -0.15) is 0 Å². The van der Waals surface area contributed by atoms with E-state index in [1.165, 1.54) is 31.2 Å². The zero-order valence-electron chi connectivity index (χ0n) is 9.77. The van der Waals surface area contributed by atoms with Crippen LogP contribution in [0.15, 0.2) is 42.5 Å². The largest absolute Gasteiger partial charge is 0.377 e. The van der Waals surface area contributed by atoms with E-state index < -0.39 is 0 Å². The van der Waals surface area contributed by atoms with Crippen molar-refractivity contribution < 1.29 is 4.74 Å². The number of allylic oxidation sites excluding steroid dienone is 2. The maximum absolute atomic E-state index is 5.70. The van der Waals surface area contributed by atoms with Gasteiger partial charge in [-0.25, -0.2) is 0 Å². The number of hydrogen-bond acceptors (Lipinski definition) is 1. The summed E-state index contributed by atoms with van der Waals surface area (Å²) < 4.78 is 5.70. The number of rotatable bonds is 5. The first-order valence-electron chi connectivity index (χ1n) is 6.22. The first kappa shape index (κ1) is 11.4. The Balaban J connectivity index is 1.60. The second-order valence-corrected chi connectivity index (χ2v) is 4.48. The third kappa shape index (κ3) is 3.82. The van der Waals surface area contributed by atoms with Gasteiger partial charge in [0.25, 0.3) is 0 Å². The van der Waals surface area contributed by atoms with Crippen molar-refractivity contribution in [3.05, 3.63) is 48.0 Å². The van der Waals surface area contributed by atoms with Gasteiger partial charge in [-0.15, -0.1) is 0 Å². The molecule has 0 bridgehead atoms. The van der Waals surface area contributed by atoms with Gasteiger partial charge in [0, 0.05) is 6.61 Å². The summed E-state index contributed by atoms with van der Waals surface area (Å²) in [7, 11) is 0. The minimum Gasteiger partial charge on any atom is -0.377 e. The smallest absolute Gasteiger partial charge is 0.0716 e. The predicted octanol–water partition coefficient (Wildman–Crippen LogP) is 3.95. The molecule has 1 aliphatic carbocycles. The molecule has 0 N–H and O–H groups in total. The second-order valence-electron chi connectivity index (χ2n) is 4.48. The highest BCUT2D eigenvalue weighted by Gasteiger charge is 2.08. The maximum Gasteiger partial charge on any atom is 0.0716 e. The molecule has 0 spiro atoms. The van der Waals surface area contributed by atoms with Crippen LogP contribution < -0.4 is 0 Å². The molecule has 1 nitrogen and oxygen atoms in total. The van der Waals surface area contributed by atoms with Gasteiger partial charge in [-0.1, -0.05) is 42.5 Å². The van der Waals surface area contributed by atoms with Crippen molar-refractivity contribution >= 4 is 0 Å². The standard InChI is InChI=1S/C15H20O/c1-3-7-14(8-4-1)11-12-16-13-15-9-5-2-6-10-15/h1-3,5-6,9-10,14H,4,7-8,11-13H2. The fraction of sp³-hybridized carbons (Fsp3) is 0.467. The molecule has 16 heavy (non-hydrogen) atoms. The van der Waals surface area contributed by atoms with E-state index in [9.17, 15) is 0 Å². The summed E-state index contributed by atoms with van der Waals surface area (Å²) in [5, 5.41) is 0. The van der Waals surface area contributed by atoms with E-state index in [1.807, 2.05) is 6.07 Å². The molecule has 1 atom stereocenters. The van der Waals surface area contributed by atoms with Crippen LogP contribution in [0.25, 0.3) is 0 Å². The van der Waals surface area contributed by atoms with Crippen molar-refractivity contribution in [3.63, 3.8) is 0 Å². The van der Waals surface area contributed by atoms with Crippen molar-refractivity contribution in [3.8, 4) is 0 Å². The monoisotopic (exact) mass is 216 g/mol. The summed E-state index contributed by atoms with van der Waals surface area (Å²) in [5.41, 5.74) is 1.27. The highest BCUT2D eigenvalue weighted by atomic mass is 16.5. The summed E-state index contributed by atoms with van der Waals surface area (Å²) in [5.74, 6) is 0.848.